The summed E-state index contributed by atoms with van der Waals surface area (Å²) < 4.78 is 40.2. The topological polar surface area (TPSA) is 80.0 Å². The number of imidazole rings is 1. The number of aromatic nitrogens is 3. The lowest BCUT2D eigenvalue weighted by molar-refractivity contribution is -0.146. The highest BCUT2D eigenvalue weighted by Crippen LogP contribution is 2.33. The zero-order valence-electron chi connectivity index (χ0n) is 14.1. The summed E-state index contributed by atoms with van der Waals surface area (Å²) in [5.74, 6) is 0.0577. The van der Waals surface area contributed by atoms with Crippen LogP contribution in [0.1, 0.15) is 35.4 Å². The number of hydrogen-bond acceptors (Lipinski definition) is 5. The van der Waals surface area contributed by atoms with Gasteiger partial charge in [-0.25, -0.2) is 4.98 Å². The number of nitrogens with zero attached hydrogens (tertiary/aromatic N) is 3. The molecule has 1 aliphatic heterocycles. The summed E-state index contributed by atoms with van der Waals surface area (Å²) in [6, 6.07) is 0. The lowest BCUT2D eigenvalue weighted by Gasteiger charge is -2.37. The van der Waals surface area contributed by atoms with Gasteiger partial charge in [-0.2, -0.15) is 24.9 Å². The fourth-order valence-electron chi connectivity index (χ4n) is 3.32. The van der Waals surface area contributed by atoms with Crippen LogP contribution in [0.25, 0.3) is 11.0 Å². The molecule has 1 unspecified atom stereocenters. The van der Waals surface area contributed by atoms with Crippen molar-refractivity contribution in [1.82, 2.24) is 19.9 Å². The maximum Gasteiger partial charge on any atom is 0.449 e. The van der Waals surface area contributed by atoms with Gasteiger partial charge in [-0.3, -0.25) is 9.78 Å². The van der Waals surface area contributed by atoms with Crippen LogP contribution in [0.5, 0.6) is 0 Å². The summed E-state index contributed by atoms with van der Waals surface area (Å²) in [6.07, 6.45) is -0.149. The first-order valence-electron chi connectivity index (χ1n) is 8.16. The zero-order valence-corrected chi connectivity index (χ0v) is 15.0. The van der Waals surface area contributed by atoms with E-state index in [4.69, 9.17) is 0 Å². The summed E-state index contributed by atoms with van der Waals surface area (Å²) in [5.41, 5.74) is -0.419. The Balaban J connectivity index is 1.99. The summed E-state index contributed by atoms with van der Waals surface area (Å²) in [5, 5.41) is 12.3. The minimum Gasteiger partial charge on any atom is -0.396 e. The van der Waals surface area contributed by atoms with E-state index in [0.717, 1.165) is 23.2 Å². The van der Waals surface area contributed by atoms with E-state index in [0.29, 0.717) is 12.2 Å². The van der Waals surface area contributed by atoms with Crippen molar-refractivity contribution in [3.8, 4) is 0 Å². The van der Waals surface area contributed by atoms with Crippen LogP contribution >= 0.6 is 11.8 Å². The van der Waals surface area contributed by atoms with Crippen LogP contribution < -0.4 is 5.32 Å². The molecule has 6 nitrogen and oxygen atoms in total. The second-order valence-corrected chi connectivity index (χ2v) is 7.52. The molecule has 0 bridgehead atoms. The standard InChI is InChI=1S/C16H19F3N4O2S/c1-23-12-10(7-20-8-11(12)21-14(23)16(17,18)19)13(25)22-15(4-5-24)3-2-6-26-9-15/h7-8,24H,2-6,9H2,1H3,(H,22,25). The van der Waals surface area contributed by atoms with Gasteiger partial charge >= 0.3 is 6.18 Å². The van der Waals surface area contributed by atoms with Crippen molar-refractivity contribution in [3.05, 3.63) is 23.8 Å². The van der Waals surface area contributed by atoms with Gasteiger partial charge in [0.2, 0.25) is 5.82 Å². The molecule has 3 heterocycles. The van der Waals surface area contributed by atoms with Crippen LogP contribution in [0.2, 0.25) is 0 Å². The molecule has 0 spiro atoms. The van der Waals surface area contributed by atoms with Gasteiger partial charge in [-0.15, -0.1) is 0 Å². The van der Waals surface area contributed by atoms with E-state index in [9.17, 15) is 23.1 Å². The Labute approximate surface area is 152 Å². The summed E-state index contributed by atoms with van der Waals surface area (Å²) in [6.45, 7) is -0.0762. The van der Waals surface area contributed by atoms with Gasteiger partial charge in [-0.1, -0.05) is 0 Å². The van der Waals surface area contributed by atoms with Crippen molar-refractivity contribution in [3.63, 3.8) is 0 Å². The predicted molar refractivity (Wildman–Crippen MR) is 92.0 cm³/mol. The van der Waals surface area contributed by atoms with Gasteiger partial charge in [0, 0.05) is 25.6 Å². The molecule has 1 amide bonds. The van der Waals surface area contributed by atoms with Gasteiger partial charge in [0.15, 0.2) is 0 Å². The molecule has 1 aliphatic rings. The lowest BCUT2D eigenvalue weighted by Crippen LogP contribution is -2.52. The van der Waals surface area contributed by atoms with Crippen LogP contribution in [0.15, 0.2) is 12.4 Å². The molecule has 2 aromatic rings. The molecule has 1 atom stereocenters. The number of hydrogen-bond donors (Lipinski definition) is 2. The molecule has 3 rings (SSSR count). The number of nitrogens with one attached hydrogen (secondary N) is 1. The molecule has 2 aromatic heterocycles. The molecule has 0 saturated carbocycles. The lowest BCUT2D eigenvalue weighted by atomic mass is 9.91. The Hall–Kier alpha value is -1.81. The van der Waals surface area contributed by atoms with Crippen molar-refractivity contribution in [2.45, 2.75) is 31.0 Å². The molecule has 1 fully saturated rings. The number of pyridine rings is 1. The molecule has 2 N–H and O–H groups in total. The van der Waals surface area contributed by atoms with E-state index >= 15 is 0 Å². The van der Waals surface area contributed by atoms with E-state index in [-0.39, 0.29) is 23.2 Å². The number of carbonyl (C=O) groups is 1. The largest absolute Gasteiger partial charge is 0.449 e. The third-order valence-corrected chi connectivity index (χ3v) is 5.90. The molecule has 0 aromatic carbocycles. The number of alkyl halides is 3. The van der Waals surface area contributed by atoms with Crippen molar-refractivity contribution < 1.29 is 23.1 Å². The number of aryl methyl sites for hydroxylation is 1. The monoisotopic (exact) mass is 388 g/mol. The maximum atomic E-state index is 13.1. The number of amides is 1. The summed E-state index contributed by atoms with van der Waals surface area (Å²) in [4.78, 5) is 20.3. The highest BCUT2D eigenvalue weighted by atomic mass is 32.2. The third kappa shape index (κ3) is 3.52. The second kappa shape index (κ2) is 7.07. The van der Waals surface area contributed by atoms with Crippen molar-refractivity contribution in [1.29, 1.82) is 0 Å². The van der Waals surface area contributed by atoms with E-state index in [1.807, 2.05) is 0 Å². The van der Waals surface area contributed by atoms with Gasteiger partial charge in [0.25, 0.3) is 5.91 Å². The highest BCUT2D eigenvalue weighted by Gasteiger charge is 2.38. The van der Waals surface area contributed by atoms with E-state index < -0.39 is 23.4 Å². The zero-order chi connectivity index (χ0) is 18.9. The number of rotatable bonds is 4. The summed E-state index contributed by atoms with van der Waals surface area (Å²) in [7, 11) is 1.23. The number of aliphatic hydroxyl groups excluding tert-OH is 1. The smallest absolute Gasteiger partial charge is 0.396 e. The average molecular weight is 388 g/mol. The Morgan fingerprint density at radius 3 is 2.85 bits per heavy atom. The minimum atomic E-state index is -4.63. The number of fused-ring (bicyclic) bond motifs is 1. The van der Waals surface area contributed by atoms with Crippen LogP contribution in [0, 0.1) is 0 Å². The number of halogens is 3. The van der Waals surface area contributed by atoms with E-state index in [2.05, 4.69) is 15.3 Å². The first-order chi connectivity index (χ1) is 12.3. The quantitative estimate of drug-likeness (QED) is 0.841. The van der Waals surface area contributed by atoms with E-state index in [1.165, 1.54) is 19.4 Å². The molecule has 26 heavy (non-hydrogen) atoms. The van der Waals surface area contributed by atoms with Gasteiger partial charge < -0.3 is 15.0 Å². The van der Waals surface area contributed by atoms with Crippen molar-refractivity contribution >= 4 is 28.7 Å². The van der Waals surface area contributed by atoms with Crippen LogP contribution in [-0.2, 0) is 13.2 Å². The SMILES string of the molecule is Cn1c(C(F)(F)F)nc2cncc(C(=O)NC3(CCO)CCCSC3)c21. The first-order valence-corrected chi connectivity index (χ1v) is 9.32. The molecular formula is C16H19F3N4O2S. The number of carbonyl (C=O) groups excluding carboxylic acids is 1. The van der Waals surface area contributed by atoms with Gasteiger partial charge in [-0.05, 0) is 25.0 Å². The Morgan fingerprint density at radius 1 is 1.46 bits per heavy atom. The fraction of sp³-hybridized carbons (Fsp3) is 0.562. The Kier molecular flexibility index (Phi) is 5.16. The van der Waals surface area contributed by atoms with Crippen molar-refractivity contribution in [2.24, 2.45) is 7.05 Å². The Morgan fingerprint density at radius 2 is 2.23 bits per heavy atom. The second-order valence-electron chi connectivity index (χ2n) is 6.41. The van der Waals surface area contributed by atoms with E-state index in [1.54, 1.807) is 11.8 Å². The van der Waals surface area contributed by atoms with Crippen LogP contribution in [0.3, 0.4) is 0 Å². The predicted octanol–water partition coefficient (Wildman–Crippen LogP) is 2.37. The molecule has 142 valence electrons. The maximum absolute atomic E-state index is 13.1. The Bertz CT molecular complexity index is 810. The minimum absolute atomic E-state index is 0.0155. The molecule has 1 saturated heterocycles. The normalized spacial score (nSPS) is 21.1. The van der Waals surface area contributed by atoms with Gasteiger partial charge in [0.1, 0.15) is 5.52 Å². The molecule has 0 aliphatic carbocycles. The fourth-order valence-corrected chi connectivity index (χ4v) is 4.57. The highest BCUT2D eigenvalue weighted by molar-refractivity contribution is 7.99. The number of thioether (sulfide) groups is 1. The summed E-state index contributed by atoms with van der Waals surface area (Å²) >= 11 is 1.69. The third-order valence-electron chi connectivity index (χ3n) is 4.57. The molecule has 10 heteroatoms. The van der Waals surface area contributed by atoms with Crippen molar-refractivity contribution in [2.75, 3.05) is 18.1 Å². The van der Waals surface area contributed by atoms with Crippen LogP contribution in [0.4, 0.5) is 13.2 Å². The first kappa shape index (κ1) is 19.0. The van der Waals surface area contributed by atoms with Gasteiger partial charge in [0.05, 0.1) is 22.8 Å². The number of aliphatic hydroxyl groups is 1. The van der Waals surface area contributed by atoms with Crippen LogP contribution in [-0.4, -0.2) is 49.2 Å². The average Bonchev–Trinajstić information content (AvgIpc) is 2.93. The molecule has 0 radical (unpaired) electrons. The molecular weight excluding hydrogens is 369 g/mol.